The summed E-state index contributed by atoms with van der Waals surface area (Å²) in [4.78, 5) is 15.8. The number of carbonyl (C=O) groups excluding carboxylic acids is 1. The first-order valence-corrected chi connectivity index (χ1v) is 7.53. The van der Waals surface area contributed by atoms with Crippen LogP contribution in [-0.4, -0.2) is 24.0 Å². The summed E-state index contributed by atoms with van der Waals surface area (Å²) in [6, 6.07) is 5.51. The summed E-state index contributed by atoms with van der Waals surface area (Å²) in [5, 5.41) is 6.24. The molecule has 0 spiro atoms. The lowest BCUT2D eigenvalue weighted by Gasteiger charge is -2.10. The number of halogens is 5. The van der Waals surface area contributed by atoms with Crippen LogP contribution in [0.25, 0.3) is 0 Å². The molecule has 2 aromatic rings. The van der Waals surface area contributed by atoms with Crippen molar-refractivity contribution < 1.29 is 18.0 Å². The SMILES string of the molecule is O=C(NCCNc1ncc(Cl)cc1Cl)c1ccc(C(F)(F)F)cc1. The summed E-state index contributed by atoms with van der Waals surface area (Å²) in [7, 11) is 0. The highest BCUT2D eigenvalue weighted by atomic mass is 35.5. The van der Waals surface area contributed by atoms with E-state index in [1.54, 1.807) is 0 Å². The van der Waals surface area contributed by atoms with Gasteiger partial charge in [-0.1, -0.05) is 23.2 Å². The molecule has 1 amide bonds. The largest absolute Gasteiger partial charge is 0.416 e. The maximum absolute atomic E-state index is 12.5. The van der Waals surface area contributed by atoms with Gasteiger partial charge in [0.2, 0.25) is 0 Å². The van der Waals surface area contributed by atoms with Gasteiger partial charge in [-0.15, -0.1) is 0 Å². The van der Waals surface area contributed by atoms with E-state index in [0.29, 0.717) is 22.4 Å². The van der Waals surface area contributed by atoms with Crippen LogP contribution in [0.4, 0.5) is 19.0 Å². The maximum Gasteiger partial charge on any atom is 0.416 e. The van der Waals surface area contributed by atoms with E-state index in [4.69, 9.17) is 23.2 Å². The molecule has 1 aromatic carbocycles. The molecule has 1 aromatic heterocycles. The van der Waals surface area contributed by atoms with Crippen molar-refractivity contribution in [2.75, 3.05) is 18.4 Å². The fourth-order valence-corrected chi connectivity index (χ4v) is 2.26. The van der Waals surface area contributed by atoms with Crippen molar-refractivity contribution >= 4 is 34.9 Å². The molecule has 9 heteroatoms. The highest BCUT2D eigenvalue weighted by Gasteiger charge is 2.30. The van der Waals surface area contributed by atoms with E-state index in [-0.39, 0.29) is 12.1 Å². The average molecular weight is 378 g/mol. The molecular formula is C15H12Cl2F3N3O. The second-order valence-corrected chi connectivity index (χ2v) is 5.59. The molecule has 0 aliphatic heterocycles. The Morgan fingerprint density at radius 3 is 2.38 bits per heavy atom. The summed E-state index contributed by atoms with van der Waals surface area (Å²) >= 11 is 11.7. The van der Waals surface area contributed by atoms with Crippen LogP contribution < -0.4 is 10.6 Å². The van der Waals surface area contributed by atoms with E-state index in [1.165, 1.54) is 12.3 Å². The number of hydrogen-bond acceptors (Lipinski definition) is 3. The molecule has 0 bridgehead atoms. The van der Waals surface area contributed by atoms with Crippen LogP contribution in [0.2, 0.25) is 10.0 Å². The van der Waals surface area contributed by atoms with Crippen molar-refractivity contribution in [1.82, 2.24) is 10.3 Å². The molecule has 0 saturated heterocycles. The Morgan fingerprint density at radius 1 is 1.12 bits per heavy atom. The Bertz CT molecular complexity index is 721. The van der Waals surface area contributed by atoms with Gasteiger partial charge in [0.25, 0.3) is 5.91 Å². The summed E-state index contributed by atoms with van der Waals surface area (Å²) < 4.78 is 37.4. The maximum atomic E-state index is 12.5. The van der Waals surface area contributed by atoms with E-state index in [2.05, 4.69) is 15.6 Å². The molecule has 4 nitrogen and oxygen atoms in total. The number of amides is 1. The first-order valence-electron chi connectivity index (χ1n) is 6.78. The van der Waals surface area contributed by atoms with Gasteiger partial charge in [-0.3, -0.25) is 4.79 Å². The van der Waals surface area contributed by atoms with Gasteiger partial charge in [0.1, 0.15) is 5.82 Å². The number of nitrogens with one attached hydrogen (secondary N) is 2. The van der Waals surface area contributed by atoms with Crippen LogP contribution in [0.15, 0.2) is 36.5 Å². The van der Waals surface area contributed by atoms with Gasteiger partial charge in [0.15, 0.2) is 0 Å². The summed E-state index contributed by atoms with van der Waals surface area (Å²) in [5.41, 5.74) is -0.658. The van der Waals surface area contributed by atoms with Crippen molar-refractivity contribution in [2.45, 2.75) is 6.18 Å². The number of carbonyl (C=O) groups is 1. The van der Waals surface area contributed by atoms with Gasteiger partial charge in [0.05, 0.1) is 15.6 Å². The molecule has 0 fully saturated rings. The fourth-order valence-electron chi connectivity index (χ4n) is 1.81. The lowest BCUT2D eigenvalue weighted by Crippen LogP contribution is -2.29. The monoisotopic (exact) mass is 377 g/mol. The first kappa shape index (κ1) is 18.4. The minimum atomic E-state index is -4.43. The van der Waals surface area contributed by atoms with Crippen LogP contribution >= 0.6 is 23.2 Å². The zero-order valence-corrected chi connectivity index (χ0v) is 13.6. The number of benzene rings is 1. The lowest BCUT2D eigenvalue weighted by atomic mass is 10.1. The molecule has 0 aliphatic rings. The third-order valence-corrected chi connectivity index (χ3v) is 3.48. The van der Waals surface area contributed by atoms with Gasteiger partial charge in [-0.05, 0) is 30.3 Å². The highest BCUT2D eigenvalue weighted by Crippen LogP contribution is 2.29. The van der Waals surface area contributed by atoms with Crippen molar-refractivity contribution in [2.24, 2.45) is 0 Å². The molecule has 0 radical (unpaired) electrons. The van der Waals surface area contributed by atoms with Crippen LogP contribution in [0, 0.1) is 0 Å². The Hall–Kier alpha value is -1.99. The Morgan fingerprint density at radius 2 is 1.79 bits per heavy atom. The summed E-state index contributed by atoms with van der Waals surface area (Å²) in [6.07, 6.45) is -3.00. The number of aromatic nitrogens is 1. The van der Waals surface area contributed by atoms with E-state index in [0.717, 1.165) is 24.3 Å². The topological polar surface area (TPSA) is 54.0 Å². The molecule has 1 heterocycles. The second kappa shape index (κ2) is 7.72. The van der Waals surface area contributed by atoms with E-state index in [9.17, 15) is 18.0 Å². The number of alkyl halides is 3. The molecule has 0 atom stereocenters. The average Bonchev–Trinajstić information content (AvgIpc) is 2.52. The van der Waals surface area contributed by atoms with Gasteiger partial charge in [0, 0.05) is 24.8 Å². The summed E-state index contributed by atoms with van der Waals surface area (Å²) in [5.74, 6) is -0.0504. The minimum absolute atomic E-state index is 0.144. The van der Waals surface area contributed by atoms with Gasteiger partial charge in [-0.2, -0.15) is 13.2 Å². The Labute approximate surface area is 146 Å². The van der Waals surface area contributed by atoms with Crippen LogP contribution in [0.1, 0.15) is 15.9 Å². The van der Waals surface area contributed by atoms with Crippen molar-refractivity contribution in [3.8, 4) is 0 Å². The molecule has 0 aliphatic carbocycles. The third kappa shape index (κ3) is 5.01. The molecule has 24 heavy (non-hydrogen) atoms. The molecule has 128 valence electrons. The van der Waals surface area contributed by atoms with E-state index >= 15 is 0 Å². The van der Waals surface area contributed by atoms with Crippen molar-refractivity contribution in [1.29, 1.82) is 0 Å². The van der Waals surface area contributed by atoms with Gasteiger partial charge < -0.3 is 10.6 Å². The van der Waals surface area contributed by atoms with Gasteiger partial charge >= 0.3 is 6.18 Å². The highest BCUT2D eigenvalue weighted by molar-refractivity contribution is 6.35. The number of nitrogens with zero attached hydrogens (tertiary/aromatic N) is 1. The number of pyridine rings is 1. The van der Waals surface area contributed by atoms with Crippen LogP contribution in [0.3, 0.4) is 0 Å². The Kier molecular flexibility index (Phi) is 5.90. The van der Waals surface area contributed by atoms with E-state index < -0.39 is 17.6 Å². The molecule has 2 N–H and O–H groups in total. The molecule has 2 rings (SSSR count). The van der Waals surface area contributed by atoms with E-state index in [1.807, 2.05) is 0 Å². The van der Waals surface area contributed by atoms with Crippen LogP contribution in [-0.2, 0) is 6.18 Å². The fraction of sp³-hybridized carbons (Fsp3) is 0.200. The van der Waals surface area contributed by atoms with Gasteiger partial charge in [-0.25, -0.2) is 4.98 Å². The molecule has 0 saturated carbocycles. The third-order valence-electron chi connectivity index (χ3n) is 2.99. The predicted octanol–water partition coefficient (Wildman–Crippen LogP) is 4.25. The predicted molar refractivity (Wildman–Crippen MR) is 86.5 cm³/mol. The number of hydrogen-bond donors (Lipinski definition) is 2. The zero-order chi connectivity index (χ0) is 17.7. The zero-order valence-electron chi connectivity index (χ0n) is 12.1. The normalized spacial score (nSPS) is 11.2. The van der Waals surface area contributed by atoms with Crippen molar-refractivity contribution in [3.63, 3.8) is 0 Å². The molecular weight excluding hydrogens is 366 g/mol. The number of rotatable bonds is 5. The smallest absolute Gasteiger partial charge is 0.367 e. The standard InChI is InChI=1S/C15H12Cl2F3N3O/c16-11-7-12(17)13(23-8-11)21-5-6-22-14(24)9-1-3-10(4-2-9)15(18,19)20/h1-4,7-8H,5-6H2,(H,21,23)(H,22,24). The molecule has 0 unspecified atom stereocenters. The first-order chi connectivity index (χ1) is 11.3. The lowest BCUT2D eigenvalue weighted by molar-refractivity contribution is -0.137. The Balaban J connectivity index is 1.83. The number of anilines is 1. The summed E-state index contributed by atoms with van der Waals surface area (Å²) in [6.45, 7) is 0.571. The minimum Gasteiger partial charge on any atom is -0.367 e. The quantitative estimate of drug-likeness (QED) is 0.765. The second-order valence-electron chi connectivity index (χ2n) is 4.74. The van der Waals surface area contributed by atoms with Crippen LogP contribution in [0.5, 0.6) is 0 Å². The van der Waals surface area contributed by atoms with Crippen molar-refractivity contribution in [3.05, 3.63) is 57.7 Å².